The fourth-order valence-electron chi connectivity index (χ4n) is 1.83. The Morgan fingerprint density at radius 1 is 1.39 bits per heavy atom. The number of hydrogen-bond acceptors (Lipinski definition) is 4. The van der Waals surface area contributed by atoms with Crippen LogP contribution in [0.25, 0.3) is 0 Å². The van der Waals surface area contributed by atoms with E-state index in [-0.39, 0.29) is 23.3 Å². The molecule has 1 heterocycles. The van der Waals surface area contributed by atoms with Gasteiger partial charge >= 0.3 is 0 Å². The highest BCUT2D eigenvalue weighted by Crippen LogP contribution is 2.28. The van der Waals surface area contributed by atoms with Gasteiger partial charge in [-0.25, -0.2) is 0 Å². The van der Waals surface area contributed by atoms with Crippen LogP contribution in [0.2, 0.25) is 0 Å². The van der Waals surface area contributed by atoms with Gasteiger partial charge in [0, 0.05) is 19.0 Å². The molecule has 1 unspecified atom stereocenters. The number of phenolic OH excluding ortho intramolecular Hbond substituents is 2. The molecule has 0 saturated carbocycles. The quantitative estimate of drug-likeness (QED) is 0.560. The highest BCUT2D eigenvalue weighted by molar-refractivity contribution is 5.97. The molecule has 6 heteroatoms. The predicted molar refractivity (Wildman–Crippen MR) is 63.3 cm³/mol. The second kappa shape index (κ2) is 4.95. The van der Waals surface area contributed by atoms with E-state index >= 15 is 0 Å². The molecule has 0 aliphatic carbocycles. The van der Waals surface area contributed by atoms with Crippen molar-refractivity contribution < 1.29 is 19.8 Å². The van der Waals surface area contributed by atoms with Crippen molar-refractivity contribution in [1.82, 2.24) is 10.6 Å². The van der Waals surface area contributed by atoms with Crippen molar-refractivity contribution in [2.75, 3.05) is 6.54 Å². The third kappa shape index (κ3) is 2.53. The van der Waals surface area contributed by atoms with Gasteiger partial charge in [0.05, 0.1) is 5.56 Å². The second-order valence-corrected chi connectivity index (χ2v) is 4.19. The van der Waals surface area contributed by atoms with Crippen molar-refractivity contribution in [3.63, 3.8) is 0 Å². The van der Waals surface area contributed by atoms with E-state index in [0.29, 0.717) is 19.4 Å². The lowest BCUT2D eigenvalue weighted by Crippen LogP contribution is -2.47. The van der Waals surface area contributed by atoms with Crippen LogP contribution < -0.4 is 10.6 Å². The summed E-state index contributed by atoms with van der Waals surface area (Å²) in [6.07, 6.45) is 0.939. The molecular weight excluding hydrogens is 236 g/mol. The number of aromatic hydroxyl groups is 2. The largest absolute Gasteiger partial charge is 0.504 e. The van der Waals surface area contributed by atoms with E-state index in [1.54, 1.807) is 0 Å². The van der Waals surface area contributed by atoms with Crippen molar-refractivity contribution >= 4 is 11.8 Å². The van der Waals surface area contributed by atoms with Gasteiger partial charge in [0.25, 0.3) is 5.91 Å². The molecule has 0 aromatic heterocycles. The van der Waals surface area contributed by atoms with E-state index in [1.165, 1.54) is 18.2 Å². The Hall–Kier alpha value is -2.24. The Balaban J connectivity index is 2.03. The van der Waals surface area contributed by atoms with Gasteiger partial charge in [-0.05, 0) is 18.6 Å². The zero-order valence-electron chi connectivity index (χ0n) is 9.64. The average Bonchev–Trinajstić information content (AvgIpc) is 2.35. The van der Waals surface area contributed by atoms with Gasteiger partial charge in [-0.1, -0.05) is 6.07 Å². The molecule has 0 bridgehead atoms. The molecule has 4 N–H and O–H groups in total. The molecule has 18 heavy (non-hydrogen) atoms. The predicted octanol–water partition coefficient (Wildman–Crippen LogP) is 0.106. The molecular formula is C12H14N2O4. The van der Waals surface area contributed by atoms with Crippen LogP contribution in [0.4, 0.5) is 0 Å². The number of hydrogen-bond donors (Lipinski definition) is 4. The fraction of sp³-hybridized carbons (Fsp3) is 0.333. The Bertz CT molecular complexity index is 477. The number of nitrogens with one attached hydrogen (secondary N) is 2. The molecule has 1 aromatic carbocycles. The summed E-state index contributed by atoms with van der Waals surface area (Å²) in [4.78, 5) is 22.8. The first kappa shape index (κ1) is 12.2. The van der Waals surface area contributed by atoms with Gasteiger partial charge in [-0.15, -0.1) is 0 Å². The van der Waals surface area contributed by atoms with Gasteiger partial charge in [0.1, 0.15) is 0 Å². The van der Waals surface area contributed by atoms with Gasteiger partial charge in [0.2, 0.25) is 5.91 Å². The first-order valence-electron chi connectivity index (χ1n) is 5.66. The van der Waals surface area contributed by atoms with E-state index in [4.69, 9.17) is 0 Å². The molecule has 0 spiro atoms. The molecule has 1 aliphatic rings. The highest BCUT2D eigenvalue weighted by atomic mass is 16.3. The third-order valence-corrected chi connectivity index (χ3v) is 2.86. The summed E-state index contributed by atoms with van der Waals surface area (Å²) in [6, 6.07) is 4.04. The zero-order chi connectivity index (χ0) is 13.1. The van der Waals surface area contributed by atoms with E-state index in [2.05, 4.69) is 10.6 Å². The monoisotopic (exact) mass is 250 g/mol. The summed E-state index contributed by atoms with van der Waals surface area (Å²) in [7, 11) is 0. The van der Waals surface area contributed by atoms with Crippen molar-refractivity contribution in [2.24, 2.45) is 0 Å². The number of piperidine rings is 1. The Morgan fingerprint density at radius 2 is 2.17 bits per heavy atom. The van der Waals surface area contributed by atoms with Gasteiger partial charge in [0.15, 0.2) is 11.5 Å². The van der Waals surface area contributed by atoms with Crippen LogP contribution in [0.3, 0.4) is 0 Å². The molecule has 1 aromatic rings. The van der Waals surface area contributed by atoms with Crippen molar-refractivity contribution in [1.29, 1.82) is 0 Å². The van der Waals surface area contributed by atoms with E-state index in [1.807, 2.05) is 0 Å². The summed E-state index contributed by atoms with van der Waals surface area (Å²) in [5, 5.41) is 24.2. The van der Waals surface area contributed by atoms with Crippen LogP contribution in [0.15, 0.2) is 18.2 Å². The van der Waals surface area contributed by atoms with Gasteiger partial charge < -0.3 is 20.8 Å². The minimum absolute atomic E-state index is 0.0203. The van der Waals surface area contributed by atoms with E-state index in [9.17, 15) is 19.8 Å². The SMILES string of the molecule is O=C1CCC(NC(=O)c2cccc(O)c2O)CN1. The molecule has 1 fully saturated rings. The minimum atomic E-state index is -0.468. The Morgan fingerprint density at radius 3 is 2.83 bits per heavy atom. The number of para-hydroxylation sites is 1. The van der Waals surface area contributed by atoms with Crippen LogP contribution in [0.1, 0.15) is 23.2 Å². The minimum Gasteiger partial charge on any atom is -0.504 e. The first-order chi connectivity index (χ1) is 8.58. The lowest BCUT2D eigenvalue weighted by atomic mass is 10.1. The maximum absolute atomic E-state index is 11.9. The average molecular weight is 250 g/mol. The summed E-state index contributed by atoms with van der Waals surface area (Å²) in [5.41, 5.74) is 0.0203. The Kier molecular flexibility index (Phi) is 3.36. The summed E-state index contributed by atoms with van der Waals surface area (Å²) in [6.45, 7) is 0.379. The fourth-order valence-corrected chi connectivity index (χ4v) is 1.83. The highest BCUT2D eigenvalue weighted by Gasteiger charge is 2.21. The summed E-state index contributed by atoms with van der Waals surface area (Å²) in [5.74, 6) is -1.26. The Labute approximate surface area is 104 Å². The maximum atomic E-state index is 11.9. The molecule has 2 rings (SSSR count). The second-order valence-electron chi connectivity index (χ2n) is 4.19. The lowest BCUT2D eigenvalue weighted by Gasteiger charge is -2.23. The molecule has 96 valence electrons. The number of phenols is 2. The van der Waals surface area contributed by atoms with Gasteiger partial charge in [-0.3, -0.25) is 9.59 Å². The molecule has 1 saturated heterocycles. The topological polar surface area (TPSA) is 98.7 Å². The molecule has 0 radical (unpaired) electrons. The van der Waals surface area contributed by atoms with Crippen molar-refractivity contribution in [3.8, 4) is 11.5 Å². The van der Waals surface area contributed by atoms with Gasteiger partial charge in [-0.2, -0.15) is 0 Å². The number of amides is 2. The molecule has 6 nitrogen and oxygen atoms in total. The number of carbonyl (C=O) groups is 2. The normalized spacial score (nSPS) is 19.1. The molecule has 1 atom stereocenters. The first-order valence-corrected chi connectivity index (χ1v) is 5.66. The lowest BCUT2D eigenvalue weighted by molar-refractivity contribution is -0.122. The van der Waals surface area contributed by atoms with Crippen molar-refractivity contribution in [3.05, 3.63) is 23.8 Å². The van der Waals surface area contributed by atoms with Crippen LogP contribution in [0.5, 0.6) is 11.5 Å². The summed E-state index contributed by atoms with van der Waals surface area (Å²) >= 11 is 0. The van der Waals surface area contributed by atoms with Crippen LogP contribution in [-0.2, 0) is 4.79 Å². The van der Waals surface area contributed by atoms with Crippen LogP contribution >= 0.6 is 0 Å². The van der Waals surface area contributed by atoms with Crippen LogP contribution in [0, 0.1) is 0 Å². The smallest absolute Gasteiger partial charge is 0.255 e. The van der Waals surface area contributed by atoms with E-state index < -0.39 is 11.7 Å². The third-order valence-electron chi connectivity index (χ3n) is 2.86. The number of benzene rings is 1. The molecule has 1 aliphatic heterocycles. The number of rotatable bonds is 2. The maximum Gasteiger partial charge on any atom is 0.255 e. The molecule has 2 amide bonds. The standard InChI is InChI=1S/C12H14N2O4/c15-9-3-1-2-8(11(9)17)12(18)14-7-4-5-10(16)13-6-7/h1-3,7,15,17H,4-6H2,(H,13,16)(H,14,18). The van der Waals surface area contributed by atoms with Crippen LogP contribution in [-0.4, -0.2) is 34.6 Å². The number of carbonyl (C=O) groups excluding carboxylic acids is 2. The van der Waals surface area contributed by atoms with E-state index in [0.717, 1.165) is 0 Å². The summed E-state index contributed by atoms with van der Waals surface area (Å²) < 4.78 is 0. The zero-order valence-corrected chi connectivity index (χ0v) is 9.64. The van der Waals surface area contributed by atoms with Crippen molar-refractivity contribution in [2.45, 2.75) is 18.9 Å².